The van der Waals surface area contributed by atoms with Gasteiger partial charge in [-0.05, 0) is 66.0 Å². The van der Waals surface area contributed by atoms with Crippen molar-refractivity contribution in [3.63, 3.8) is 0 Å². The molecular formula is C25H35NO2. The number of hydrogen-bond donors (Lipinski definition) is 1. The van der Waals surface area contributed by atoms with Gasteiger partial charge in [-0.1, -0.05) is 51.1 Å². The lowest BCUT2D eigenvalue weighted by molar-refractivity contribution is 0.173. The average Bonchev–Trinajstić information content (AvgIpc) is 3.05. The maximum atomic E-state index is 9.63. The molecule has 1 N–H and O–H groups in total. The highest BCUT2D eigenvalue weighted by atomic mass is 16.5. The highest BCUT2D eigenvalue weighted by molar-refractivity contribution is 5.74. The largest absolute Gasteiger partial charge is 0.493 e. The van der Waals surface area contributed by atoms with Gasteiger partial charge in [-0.2, -0.15) is 0 Å². The fraction of sp³-hybridized carbons (Fsp3) is 0.520. The Labute approximate surface area is 170 Å². The Hall–Kier alpha value is -1.84. The molecule has 0 spiro atoms. The van der Waals surface area contributed by atoms with E-state index in [1.54, 1.807) is 0 Å². The molecule has 0 saturated carbocycles. The molecule has 1 fully saturated rings. The summed E-state index contributed by atoms with van der Waals surface area (Å²) in [5.41, 5.74) is 6.62. The van der Waals surface area contributed by atoms with E-state index in [9.17, 15) is 5.11 Å². The number of rotatable bonds is 6. The van der Waals surface area contributed by atoms with Gasteiger partial charge in [-0.3, -0.25) is 0 Å². The molecule has 3 nitrogen and oxygen atoms in total. The molecule has 0 radical (unpaired) electrons. The summed E-state index contributed by atoms with van der Waals surface area (Å²) in [5, 5.41) is 9.63. The molecule has 2 aromatic carbocycles. The molecule has 1 heterocycles. The molecule has 1 aliphatic heterocycles. The molecule has 1 saturated heterocycles. The van der Waals surface area contributed by atoms with Gasteiger partial charge >= 0.3 is 0 Å². The van der Waals surface area contributed by atoms with Gasteiger partial charge in [0.15, 0.2) is 0 Å². The molecule has 2 aromatic rings. The zero-order valence-corrected chi connectivity index (χ0v) is 18.1. The van der Waals surface area contributed by atoms with Gasteiger partial charge in [-0.15, -0.1) is 0 Å². The summed E-state index contributed by atoms with van der Waals surface area (Å²) in [6.07, 6.45) is 1.73. The van der Waals surface area contributed by atoms with Crippen LogP contribution >= 0.6 is 0 Å². The molecule has 1 atom stereocenters. The highest BCUT2D eigenvalue weighted by Gasteiger charge is 2.20. The number of ether oxygens (including phenoxy) is 1. The Morgan fingerprint density at radius 1 is 1.04 bits per heavy atom. The minimum absolute atomic E-state index is 0.130. The van der Waals surface area contributed by atoms with Gasteiger partial charge < -0.3 is 14.7 Å². The number of benzene rings is 2. The fourth-order valence-corrected chi connectivity index (χ4v) is 4.29. The summed E-state index contributed by atoms with van der Waals surface area (Å²) in [7, 11) is 0. The summed E-state index contributed by atoms with van der Waals surface area (Å²) < 4.78 is 6.13. The fourth-order valence-electron chi connectivity index (χ4n) is 4.29. The Kier molecular flexibility index (Phi) is 6.47. The normalized spacial score (nSPS) is 17.9. The van der Waals surface area contributed by atoms with Crippen molar-refractivity contribution < 1.29 is 9.84 Å². The van der Waals surface area contributed by atoms with E-state index < -0.39 is 0 Å². The van der Waals surface area contributed by atoms with E-state index in [4.69, 9.17) is 4.74 Å². The van der Waals surface area contributed by atoms with Crippen LogP contribution in [-0.4, -0.2) is 42.4 Å². The second-order valence-electron chi connectivity index (χ2n) is 9.10. The summed E-state index contributed by atoms with van der Waals surface area (Å²) in [6, 6.07) is 13.0. The van der Waals surface area contributed by atoms with Crippen molar-refractivity contribution in [3.8, 4) is 16.9 Å². The second kappa shape index (κ2) is 8.67. The predicted octanol–water partition coefficient (Wildman–Crippen LogP) is 5.10. The molecule has 28 heavy (non-hydrogen) atoms. The lowest BCUT2D eigenvalue weighted by atomic mass is 9.81. The van der Waals surface area contributed by atoms with E-state index in [2.05, 4.69) is 75.9 Å². The number of likely N-dealkylation sites (tertiary alicyclic amines) is 1. The zero-order valence-electron chi connectivity index (χ0n) is 18.1. The number of β-amino-alcohol motifs (C(OH)–C–C–N with tert-alkyl or cyclic N) is 1. The highest BCUT2D eigenvalue weighted by Crippen LogP contribution is 2.36. The van der Waals surface area contributed by atoms with Crippen LogP contribution in [0.3, 0.4) is 0 Å². The Morgan fingerprint density at radius 3 is 2.36 bits per heavy atom. The van der Waals surface area contributed by atoms with E-state index in [0.717, 1.165) is 38.2 Å². The van der Waals surface area contributed by atoms with Gasteiger partial charge in [0.05, 0.1) is 12.7 Å². The van der Waals surface area contributed by atoms with Gasteiger partial charge in [0.2, 0.25) is 0 Å². The van der Waals surface area contributed by atoms with Gasteiger partial charge in [0, 0.05) is 19.6 Å². The second-order valence-corrected chi connectivity index (χ2v) is 9.10. The van der Waals surface area contributed by atoms with E-state index in [1.807, 2.05) is 0 Å². The first-order chi connectivity index (χ1) is 13.3. The van der Waals surface area contributed by atoms with Crippen molar-refractivity contribution in [2.45, 2.75) is 59.0 Å². The van der Waals surface area contributed by atoms with Crippen LogP contribution in [0.2, 0.25) is 0 Å². The predicted molar refractivity (Wildman–Crippen MR) is 117 cm³/mol. The van der Waals surface area contributed by atoms with Gasteiger partial charge in [0.1, 0.15) is 5.75 Å². The van der Waals surface area contributed by atoms with Crippen LogP contribution < -0.4 is 4.74 Å². The molecule has 3 heteroatoms. The van der Waals surface area contributed by atoms with Crippen LogP contribution in [0.25, 0.3) is 11.1 Å². The molecule has 152 valence electrons. The minimum Gasteiger partial charge on any atom is -0.493 e. The van der Waals surface area contributed by atoms with Crippen molar-refractivity contribution in [1.29, 1.82) is 0 Å². The topological polar surface area (TPSA) is 32.7 Å². The molecule has 0 aliphatic carbocycles. The number of nitrogens with zero attached hydrogens (tertiary/aromatic N) is 1. The first kappa shape index (κ1) is 20.9. The average molecular weight is 382 g/mol. The summed E-state index contributed by atoms with van der Waals surface area (Å²) in [5.74, 6) is 0.972. The van der Waals surface area contributed by atoms with Crippen LogP contribution in [0.1, 0.15) is 50.3 Å². The molecule has 0 bridgehead atoms. The van der Waals surface area contributed by atoms with Crippen LogP contribution in [0, 0.1) is 13.8 Å². The third-order valence-corrected chi connectivity index (χ3v) is 5.84. The summed E-state index contributed by atoms with van der Waals surface area (Å²) in [4.78, 5) is 2.32. The number of hydrogen-bond acceptors (Lipinski definition) is 3. The first-order valence-electron chi connectivity index (χ1n) is 10.5. The third kappa shape index (κ3) is 4.76. The molecule has 3 rings (SSSR count). The lowest BCUT2D eigenvalue weighted by Crippen LogP contribution is -2.24. The standard InChI is InChI=1S/C25H35NO2/c1-18-21(9-6-11-23(18)25(3,4)5)22-10-7-12-24(19(22)2)28-16-8-14-26-15-13-20(27)17-26/h6-7,9-12,20,27H,8,13-17H2,1-5H3/t20-/m1/s1. The number of aliphatic hydroxyl groups excluding tert-OH is 1. The van der Waals surface area contributed by atoms with E-state index in [0.29, 0.717) is 6.61 Å². The van der Waals surface area contributed by atoms with Crippen molar-refractivity contribution in [2.75, 3.05) is 26.2 Å². The zero-order chi connectivity index (χ0) is 20.3. The Morgan fingerprint density at radius 2 is 1.71 bits per heavy atom. The van der Waals surface area contributed by atoms with E-state index in [1.165, 1.54) is 27.8 Å². The van der Waals surface area contributed by atoms with E-state index in [-0.39, 0.29) is 11.5 Å². The maximum Gasteiger partial charge on any atom is 0.122 e. The molecule has 1 aliphatic rings. The first-order valence-corrected chi connectivity index (χ1v) is 10.5. The van der Waals surface area contributed by atoms with Gasteiger partial charge in [-0.25, -0.2) is 0 Å². The quantitative estimate of drug-likeness (QED) is 0.706. The molecular weight excluding hydrogens is 346 g/mol. The van der Waals surface area contributed by atoms with Crippen LogP contribution in [-0.2, 0) is 5.41 Å². The maximum absolute atomic E-state index is 9.63. The smallest absolute Gasteiger partial charge is 0.122 e. The Balaban J connectivity index is 1.71. The monoisotopic (exact) mass is 381 g/mol. The van der Waals surface area contributed by atoms with E-state index >= 15 is 0 Å². The van der Waals surface area contributed by atoms with Crippen LogP contribution in [0.4, 0.5) is 0 Å². The van der Waals surface area contributed by atoms with Crippen molar-refractivity contribution in [1.82, 2.24) is 4.90 Å². The number of aliphatic hydroxyl groups is 1. The SMILES string of the molecule is Cc1c(OCCCN2CC[C@@H](O)C2)cccc1-c1cccc(C(C)(C)C)c1C. The molecule has 0 unspecified atom stereocenters. The van der Waals surface area contributed by atoms with Crippen LogP contribution in [0.5, 0.6) is 5.75 Å². The third-order valence-electron chi connectivity index (χ3n) is 5.84. The van der Waals surface area contributed by atoms with Gasteiger partial charge in [0.25, 0.3) is 0 Å². The minimum atomic E-state index is -0.146. The lowest BCUT2D eigenvalue weighted by Gasteiger charge is -2.24. The van der Waals surface area contributed by atoms with Crippen molar-refractivity contribution in [3.05, 3.63) is 53.1 Å². The van der Waals surface area contributed by atoms with Crippen molar-refractivity contribution in [2.24, 2.45) is 0 Å². The summed E-state index contributed by atoms with van der Waals surface area (Å²) >= 11 is 0. The summed E-state index contributed by atoms with van der Waals surface area (Å²) in [6.45, 7) is 14.7. The van der Waals surface area contributed by atoms with Crippen molar-refractivity contribution >= 4 is 0 Å². The van der Waals surface area contributed by atoms with Crippen LogP contribution in [0.15, 0.2) is 36.4 Å². The molecule has 0 aromatic heterocycles. The Bertz CT molecular complexity index is 807. The molecule has 0 amide bonds.